The van der Waals surface area contributed by atoms with Crippen LogP contribution in [0, 0.1) is 0 Å². The fourth-order valence-corrected chi connectivity index (χ4v) is 2.94. The van der Waals surface area contributed by atoms with Crippen LogP contribution in [-0.2, 0) is 4.74 Å². The molecule has 1 aromatic heterocycles. The molecule has 1 N–H and O–H groups in total. The molecule has 1 aliphatic carbocycles. The summed E-state index contributed by atoms with van der Waals surface area (Å²) in [5, 5.41) is 9.66. The lowest BCUT2D eigenvalue weighted by molar-refractivity contribution is -0.0232. The third-order valence-electron chi connectivity index (χ3n) is 4.28. The van der Waals surface area contributed by atoms with Gasteiger partial charge < -0.3 is 19.5 Å². The number of aliphatic hydroxyl groups is 1. The summed E-state index contributed by atoms with van der Waals surface area (Å²) in [5.74, 6) is 0.596. The molecule has 6 nitrogen and oxygen atoms in total. The van der Waals surface area contributed by atoms with Crippen LogP contribution >= 0.6 is 0 Å². The number of pyridine rings is 1. The Bertz CT molecular complexity index is 660. The lowest BCUT2D eigenvalue weighted by Crippen LogP contribution is -2.57. The van der Waals surface area contributed by atoms with Gasteiger partial charge in [0, 0.05) is 11.8 Å². The van der Waals surface area contributed by atoms with Crippen molar-refractivity contribution >= 4 is 11.7 Å². The second-order valence-corrected chi connectivity index (χ2v) is 7.64. The number of nitrogens with zero attached hydrogens (tertiary/aromatic N) is 2. The molecule has 0 saturated carbocycles. The van der Waals surface area contributed by atoms with Crippen LogP contribution in [0.25, 0.3) is 5.57 Å². The van der Waals surface area contributed by atoms with Gasteiger partial charge in [-0.25, -0.2) is 9.78 Å². The van der Waals surface area contributed by atoms with Gasteiger partial charge in [-0.2, -0.15) is 0 Å². The summed E-state index contributed by atoms with van der Waals surface area (Å²) in [6.07, 6.45) is 5.38. The van der Waals surface area contributed by atoms with Crippen LogP contribution in [0.2, 0.25) is 0 Å². The number of carbonyl (C=O) groups excluding carboxylic acids is 1. The van der Waals surface area contributed by atoms with Gasteiger partial charge >= 0.3 is 6.09 Å². The molecule has 1 fully saturated rings. The Morgan fingerprint density at radius 1 is 1.36 bits per heavy atom. The fourth-order valence-electron chi connectivity index (χ4n) is 2.94. The Morgan fingerprint density at radius 2 is 2.12 bits per heavy atom. The van der Waals surface area contributed by atoms with Crippen molar-refractivity contribution in [1.29, 1.82) is 0 Å². The van der Waals surface area contributed by atoms with E-state index in [-0.39, 0.29) is 18.3 Å². The van der Waals surface area contributed by atoms with Gasteiger partial charge in [0.15, 0.2) is 0 Å². The van der Waals surface area contributed by atoms with Crippen molar-refractivity contribution in [3.8, 4) is 5.88 Å². The van der Waals surface area contributed by atoms with Gasteiger partial charge in [-0.1, -0.05) is 6.08 Å². The van der Waals surface area contributed by atoms with E-state index in [9.17, 15) is 9.90 Å². The number of hydrogen-bond donors (Lipinski definition) is 1. The van der Waals surface area contributed by atoms with Crippen LogP contribution in [-0.4, -0.2) is 52.0 Å². The van der Waals surface area contributed by atoms with Gasteiger partial charge in [0.1, 0.15) is 11.7 Å². The number of carbonyl (C=O) groups is 1. The monoisotopic (exact) mass is 346 g/mol. The number of allylic oxidation sites excluding steroid dienone is 1. The van der Waals surface area contributed by atoms with Crippen LogP contribution in [0.15, 0.2) is 24.4 Å². The average Bonchev–Trinajstić information content (AvgIpc) is 2.50. The molecule has 1 saturated heterocycles. The highest BCUT2D eigenvalue weighted by Crippen LogP contribution is 2.32. The minimum absolute atomic E-state index is 0.0732. The van der Waals surface area contributed by atoms with Crippen molar-refractivity contribution in [2.45, 2.75) is 57.8 Å². The fraction of sp³-hybridized carbons (Fsp3) is 0.579. The number of amides is 1. The first-order valence-corrected chi connectivity index (χ1v) is 8.79. The summed E-state index contributed by atoms with van der Waals surface area (Å²) in [4.78, 5) is 18.0. The Balaban J connectivity index is 1.59. The Hall–Kier alpha value is -2.08. The lowest BCUT2D eigenvalue weighted by atomic mass is 9.92. The third kappa shape index (κ3) is 4.51. The zero-order valence-electron chi connectivity index (χ0n) is 15.1. The van der Waals surface area contributed by atoms with E-state index in [1.807, 2.05) is 32.9 Å². The van der Waals surface area contributed by atoms with Gasteiger partial charge in [0.05, 0.1) is 19.2 Å². The minimum atomic E-state index is -0.491. The molecule has 0 radical (unpaired) electrons. The zero-order chi connectivity index (χ0) is 18.0. The van der Waals surface area contributed by atoms with E-state index in [2.05, 4.69) is 11.1 Å². The second-order valence-electron chi connectivity index (χ2n) is 7.64. The van der Waals surface area contributed by atoms with Gasteiger partial charge in [0.2, 0.25) is 5.88 Å². The van der Waals surface area contributed by atoms with Gasteiger partial charge in [-0.15, -0.1) is 0 Å². The van der Waals surface area contributed by atoms with Gasteiger partial charge in [-0.3, -0.25) is 0 Å². The van der Waals surface area contributed by atoms with Crippen LogP contribution in [0.1, 0.15) is 45.6 Å². The van der Waals surface area contributed by atoms with Crippen LogP contribution in [0.5, 0.6) is 5.88 Å². The molecule has 1 unspecified atom stereocenters. The number of hydrogen-bond acceptors (Lipinski definition) is 5. The molecule has 1 amide bonds. The zero-order valence-corrected chi connectivity index (χ0v) is 15.1. The molecule has 0 bridgehead atoms. The molecule has 1 atom stereocenters. The van der Waals surface area contributed by atoms with Crippen LogP contribution in [0.3, 0.4) is 0 Å². The van der Waals surface area contributed by atoms with Crippen molar-refractivity contribution in [3.05, 3.63) is 30.0 Å². The maximum atomic E-state index is 12.0. The molecule has 0 aromatic carbocycles. The molecule has 25 heavy (non-hydrogen) atoms. The SMILES string of the molecule is CC(C)(C)OC(=O)N1CC(Oc2ncccc2C2=CCC(O)CC2)C1. The molecule has 1 aromatic rings. The summed E-state index contributed by atoms with van der Waals surface area (Å²) < 4.78 is 11.4. The van der Waals surface area contributed by atoms with Crippen molar-refractivity contribution in [2.24, 2.45) is 0 Å². The average molecular weight is 346 g/mol. The highest BCUT2D eigenvalue weighted by molar-refractivity contribution is 5.70. The second kappa shape index (κ2) is 7.04. The Kier molecular flexibility index (Phi) is 4.99. The summed E-state index contributed by atoms with van der Waals surface area (Å²) in [7, 11) is 0. The largest absolute Gasteiger partial charge is 0.470 e. The standard InChI is InChI=1S/C19H26N2O4/c1-19(2,3)25-18(23)21-11-15(12-21)24-17-16(5-4-10-20-17)13-6-8-14(22)9-7-13/h4-6,10,14-15,22H,7-9,11-12H2,1-3H3. The number of aromatic nitrogens is 1. The minimum Gasteiger partial charge on any atom is -0.470 e. The normalized spacial score (nSPS) is 21.4. The molecular weight excluding hydrogens is 320 g/mol. The van der Waals surface area contributed by atoms with Crippen molar-refractivity contribution in [2.75, 3.05) is 13.1 Å². The van der Waals surface area contributed by atoms with E-state index in [1.54, 1.807) is 11.1 Å². The van der Waals surface area contributed by atoms with E-state index in [4.69, 9.17) is 9.47 Å². The van der Waals surface area contributed by atoms with E-state index < -0.39 is 5.60 Å². The molecule has 136 valence electrons. The van der Waals surface area contributed by atoms with E-state index in [0.29, 0.717) is 25.4 Å². The van der Waals surface area contributed by atoms with E-state index >= 15 is 0 Å². The third-order valence-corrected chi connectivity index (χ3v) is 4.28. The van der Waals surface area contributed by atoms with Crippen LogP contribution < -0.4 is 4.74 Å². The highest BCUT2D eigenvalue weighted by atomic mass is 16.6. The summed E-state index contributed by atoms with van der Waals surface area (Å²) in [6, 6.07) is 3.89. The molecule has 1 aliphatic heterocycles. The number of aliphatic hydroxyl groups excluding tert-OH is 1. The van der Waals surface area contributed by atoms with Gasteiger partial charge in [-0.05, 0) is 57.7 Å². The van der Waals surface area contributed by atoms with E-state index in [0.717, 1.165) is 24.0 Å². The van der Waals surface area contributed by atoms with Crippen molar-refractivity contribution in [1.82, 2.24) is 9.88 Å². The maximum absolute atomic E-state index is 12.0. The number of likely N-dealkylation sites (tertiary alicyclic amines) is 1. The maximum Gasteiger partial charge on any atom is 0.410 e. The quantitative estimate of drug-likeness (QED) is 0.911. The predicted molar refractivity (Wildman–Crippen MR) is 94.3 cm³/mol. The first-order valence-electron chi connectivity index (χ1n) is 8.79. The van der Waals surface area contributed by atoms with Crippen LogP contribution in [0.4, 0.5) is 4.79 Å². The molecule has 2 heterocycles. The van der Waals surface area contributed by atoms with Crippen molar-refractivity contribution < 1.29 is 19.4 Å². The molecular formula is C19H26N2O4. The lowest BCUT2D eigenvalue weighted by Gasteiger charge is -2.39. The molecule has 3 rings (SSSR count). The van der Waals surface area contributed by atoms with E-state index in [1.165, 1.54) is 0 Å². The first kappa shape index (κ1) is 17.7. The molecule has 6 heteroatoms. The summed E-state index contributed by atoms with van der Waals surface area (Å²) in [5.41, 5.74) is 1.65. The highest BCUT2D eigenvalue weighted by Gasteiger charge is 2.35. The first-order chi connectivity index (χ1) is 11.8. The Labute approximate surface area is 148 Å². The number of ether oxygens (including phenoxy) is 2. The van der Waals surface area contributed by atoms with Crippen molar-refractivity contribution in [3.63, 3.8) is 0 Å². The number of rotatable bonds is 3. The topological polar surface area (TPSA) is 71.9 Å². The Morgan fingerprint density at radius 3 is 2.76 bits per heavy atom. The summed E-state index contributed by atoms with van der Waals surface area (Å²) in [6.45, 7) is 6.57. The predicted octanol–water partition coefficient (Wildman–Crippen LogP) is 3.01. The smallest absolute Gasteiger partial charge is 0.410 e. The molecule has 0 spiro atoms. The molecule has 2 aliphatic rings. The summed E-state index contributed by atoms with van der Waals surface area (Å²) >= 11 is 0. The van der Waals surface area contributed by atoms with Gasteiger partial charge in [0.25, 0.3) is 0 Å².